The van der Waals surface area contributed by atoms with Crippen molar-refractivity contribution < 1.29 is 14.3 Å². The second kappa shape index (κ2) is 11.7. The molecule has 180 valence electrons. The molecule has 2 amide bonds. The molecule has 1 N–H and O–H groups in total. The average Bonchev–Trinajstić information content (AvgIpc) is 3.51. The molecule has 0 bridgehead atoms. The molecule has 0 spiro atoms. The van der Waals surface area contributed by atoms with Crippen LogP contribution in [0.25, 0.3) is 5.69 Å². The molecule has 1 atom stereocenters. The van der Waals surface area contributed by atoms with Crippen LogP contribution in [-0.2, 0) is 17.7 Å². The lowest BCUT2D eigenvalue weighted by Crippen LogP contribution is -2.43. The summed E-state index contributed by atoms with van der Waals surface area (Å²) in [5.41, 5.74) is 2.74. The largest absolute Gasteiger partial charge is 0.439 e. The van der Waals surface area contributed by atoms with Crippen LogP contribution >= 0.6 is 0 Å². The quantitative estimate of drug-likeness (QED) is 0.442. The van der Waals surface area contributed by atoms with Gasteiger partial charge in [-0.3, -0.25) is 0 Å². The fourth-order valence-electron chi connectivity index (χ4n) is 4.16. The Hall–Kier alpha value is -3.32. The number of hydrogen-bond acceptors (Lipinski definition) is 4. The van der Waals surface area contributed by atoms with Gasteiger partial charge in [0, 0.05) is 19.7 Å². The molecule has 0 aliphatic carbocycles. The predicted molar refractivity (Wildman–Crippen MR) is 133 cm³/mol. The van der Waals surface area contributed by atoms with E-state index < -0.39 is 0 Å². The monoisotopic (exact) mass is 462 g/mol. The Labute approximate surface area is 201 Å². The molecule has 1 aliphatic heterocycles. The molecule has 1 saturated heterocycles. The zero-order valence-corrected chi connectivity index (χ0v) is 20.1. The molecule has 0 saturated carbocycles. The average molecular weight is 463 g/mol. The number of ether oxygens (including phenoxy) is 2. The maximum Gasteiger partial charge on any atom is 0.317 e. The third-order valence-electron chi connectivity index (χ3n) is 5.92. The molecule has 1 unspecified atom stereocenters. The normalized spacial score (nSPS) is 15.3. The van der Waals surface area contributed by atoms with Crippen LogP contribution in [0.5, 0.6) is 11.6 Å². The zero-order chi connectivity index (χ0) is 23.8. The maximum atomic E-state index is 13.1. The number of hydrogen-bond donors (Lipinski definition) is 1. The standard InChI is InChI=1S/C27H34N4O3/c1-3-17-28-27(32)30(19-23-16-11-18-33-23)20-24-25(4-2)29-31(21-12-7-5-8-13-21)26(24)34-22-14-9-6-10-15-22/h5-10,12-15,23H,3-4,11,16-20H2,1-2H3,(H,28,32). The Kier molecular flexibility index (Phi) is 8.20. The molecule has 1 aliphatic rings. The molecule has 2 aromatic carbocycles. The Morgan fingerprint density at radius 3 is 2.53 bits per heavy atom. The number of nitrogens with one attached hydrogen (secondary N) is 1. The summed E-state index contributed by atoms with van der Waals surface area (Å²) in [4.78, 5) is 15.0. The first-order valence-electron chi connectivity index (χ1n) is 12.2. The molecule has 34 heavy (non-hydrogen) atoms. The number of aromatic nitrogens is 2. The number of rotatable bonds is 10. The van der Waals surface area contributed by atoms with E-state index in [-0.39, 0.29) is 12.1 Å². The number of urea groups is 1. The highest BCUT2D eigenvalue weighted by Gasteiger charge is 2.27. The SMILES string of the molecule is CCCNC(=O)N(Cc1c(CC)nn(-c2ccccc2)c1Oc1ccccc1)CC1CCCO1. The minimum atomic E-state index is -0.0856. The topological polar surface area (TPSA) is 68.6 Å². The van der Waals surface area contributed by atoms with Crippen molar-refractivity contribution in [3.8, 4) is 17.3 Å². The highest BCUT2D eigenvalue weighted by Crippen LogP contribution is 2.32. The van der Waals surface area contributed by atoms with Crippen molar-refractivity contribution in [2.24, 2.45) is 0 Å². The van der Waals surface area contributed by atoms with Gasteiger partial charge in [0.2, 0.25) is 5.88 Å². The van der Waals surface area contributed by atoms with Gasteiger partial charge in [0.1, 0.15) is 5.75 Å². The van der Waals surface area contributed by atoms with Crippen LogP contribution in [0.15, 0.2) is 60.7 Å². The molecule has 1 aromatic heterocycles. The number of carbonyl (C=O) groups excluding carboxylic acids is 1. The number of benzene rings is 2. The molecule has 7 heteroatoms. The maximum absolute atomic E-state index is 13.1. The van der Waals surface area contributed by atoms with E-state index in [4.69, 9.17) is 14.6 Å². The van der Waals surface area contributed by atoms with Crippen molar-refractivity contribution >= 4 is 6.03 Å². The molecule has 2 heterocycles. The van der Waals surface area contributed by atoms with Crippen LogP contribution in [-0.4, -0.2) is 46.5 Å². The minimum Gasteiger partial charge on any atom is -0.439 e. The highest BCUT2D eigenvalue weighted by atomic mass is 16.5. The first-order chi connectivity index (χ1) is 16.7. The smallest absolute Gasteiger partial charge is 0.317 e. The van der Waals surface area contributed by atoms with Gasteiger partial charge < -0.3 is 19.7 Å². The van der Waals surface area contributed by atoms with Crippen molar-refractivity contribution in [1.82, 2.24) is 20.0 Å². The summed E-state index contributed by atoms with van der Waals surface area (Å²) in [6.45, 7) is 6.46. The van der Waals surface area contributed by atoms with Gasteiger partial charge in [0.05, 0.1) is 29.6 Å². The second-order valence-electron chi connectivity index (χ2n) is 8.49. The van der Waals surface area contributed by atoms with Crippen LogP contribution in [0.4, 0.5) is 4.79 Å². The van der Waals surface area contributed by atoms with Crippen molar-refractivity contribution in [3.05, 3.63) is 71.9 Å². The van der Waals surface area contributed by atoms with Gasteiger partial charge in [-0.1, -0.05) is 50.2 Å². The number of amides is 2. The summed E-state index contributed by atoms with van der Waals surface area (Å²) in [5.74, 6) is 1.36. The van der Waals surface area contributed by atoms with E-state index in [0.29, 0.717) is 25.5 Å². The lowest BCUT2D eigenvalue weighted by atomic mass is 10.1. The van der Waals surface area contributed by atoms with Crippen LogP contribution < -0.4 is 10.1 Å². The lowest BCUT2D eigenvalue weighted by Gasteiger charge is -2.26. The van der Waals surface area contributed by atoms with Crippen molar-refractivity contribution in [3.63, 3.8) is 0 Å². The summed E-state index contributed by atoms with van der Waals surface area (Å²) in [7, 11) is 0. The van der Waals surface area contributed by atoms with Gasteiger partial charge in [-0.25, -0.2) is 9.48 Å². The zero-order valence-electron chi connectivity index (χ0n) is 20.1. The predicted octanol–water partition coefficient (Wildman–Crippen LogP) is 5.33. The Bertz CT molecular complexity index is 1050. The van der Waals surface area contributed by atoms with Gasteiger partial charge in [-0.15, -0.1) is 0 Å². The summed E-state index contributed by atoms with van der Waals surface area (Å²) < 4.78 is 14.1. The van der Waals surface area contributed by atoms with Crippen molar-refractivity contribution in [1.29, 1.82) is 0 Å². The van der Waals surface area contributed by atoms with E-state index >= 15 is 0 Å². The first kappa shape index (κ1) is 23.8. The first-order valence-corrected chi connectivity index (χ1v) is 12.2. The van der Waals surface area contributed by atoms with Crippen molar-refractivity contribution in [2.75, 3.05) is 19.7 Å². The molecule has 7 nitrogen and oxygen atoms in total. The number of aryl methyl sites for hydroxylation is 1. The van der Waals surface area contributed by atoms with Crippen LogP contribution in [0, 0.1) is 0 Å². The Balaban J connectivity index is 1.72. The molecular formula is C27H34N4O3. The van der Waals surface area contributed by atoms with E-state index in [9.17, 15) is 4.79 Å². The summed E-state index contributed by atoms with van der Waals surface area (Å²) >= 11 is 0. The van der Waals surface area contributed by atoms with Crippen LogP contribution in [0.1, 0.15) is 44.4 Å². The van der Waals surface area contributed by atoms with E-state index in [1.165, 1.54) is 0 Å². The van der Waals surface area contributed by atoms with Gasteiger partial charge >= 0.3 is 6.03 Å². The molecule has 3 aromatic rings. The molecular weight excluding hydrogens is 428 g/mol. The van der Waals surface area contributed by atoms with Gasteiger partial charge in [0.25, 0.3) is 0 Å². The molecule has 0 radical (unpaired) electrons. The van der Waals surface area contributed by atoms with Crippen molar-refractivity contribution in [2.45, 2.75) is 52.2 Å². The fraction of sp³-hybridized carbons (Fsp3) is 0.407. The third-order valence-corrected chi connectivity index (χ3v) is 5.92. The van der Waals surface area contributed by atoms with Gasteiger partial charge in [-0.2, -0.15) is 5.10 Å². The Morgan fingerprint density at radius 2 is 1.88 bits per heavy atom. The highest BCUT2D eigenvalue weighted by molar-refractivity contribution is 5.74. The molecule has 1 fully saturated rings. The lowest BCUT2D eigenvalue weighted by molar-refractivity contribution is 0.0793. The number of carbonyl (C=O) groups is 1. The van der Waals surface area contributed by atoms with E-state index in [1.807, 2.05) is 70.2 Å². The number of para-hydroxylation sites is 2. The number of nitrogens with zero attached hydrogens (tertiary/aromatic N) is 3. The molecule has 4 rings (SSSR count). The van der Waals surface area contributed by atoms with E-state index in [1.54, 1.807) is 0 Å². The van der Waals surface area contributed by atoms with E-state index in [2.05, 4.69) is 19.2 Å². The minimum absolute atomic E-state index is 0.0557. The van der Waals surface area contributed by atoms with E-state index in [0.717, 1.165) is 55.0 Å². The fourth-order valence-corrected chi connectivity index (χ4v) is 4.16. The van der Waals surface area contributed by atoms with Gasteiger partial charge in [0.15, 0.2) is 0 Å². The van der Waals surface area contributed by atoms with Crippen LogP contribution in [0.3, 0.4) is 0 Å². The van der Waals surface area contributed by atoms with Crippen LogP contribution in [0.2, 0.25) is 0 Å². The Morgan fingerprint density at radius 1 is 1.15 bits per heavy atom. The summed E-state index contributed by atoms with van der Waals surface area (Å²) in [6.07, 6.45) is 3.66. The van der Waals surface area contributed by atoms with Gasteiger partial charge in [-0.05, 0) is 49.9 Å². The second-order valence-corrected chi connectivity index (χ2v) is 8.49. The third kappa shape index (κ3) is 5.78. The summed E-state index contributed by atoms with van der Waals surface area (Å²) in [5, 5.41) is 7.94. The summed E-state index contributed by atoms with van der Waals surface area (Å²) in [6, 6.07) is 19.6.